The molecule has 1 aliphatic carbocycles. The van der Waals surface area contributed by atoms with Gasteiger partial charge in [0.1, 0.15) is 0 Å². The summed E-state index contributed by atoms with van der Waals surface area (Å²) in [5, 5.41) is 20.2. The van der Waals surface area contributed by atoms with Gasteiger partial charge in [0.25, 0.3) is 0 Å². The van der Waals surface area contributed by atoms with E-state index in [1.165, 1.54) is 5.56 Å². The van der Waals surface area contributed by atoms with Gasteiger partial charge in [0, 0.05) is 25.6 Å². The van der Waals surface area contributed by atoms with E-state index in [0.717, 1.165) is 64.4 Å². The van der Waals surface area contributed by atoms with Crippen LogP contribution in [-0.4, -0.2) is 60.3 Å². The zero-order valence-electron chi connectivity index (χ0n) is 20.1. The average molecular weight is 477 g/mol. The highest BCUT2D eigenvalue weighted by Gasteiger charge is 2.45. The van der Waals surface area contributed by atoms with Crippen LogP contribution in [0.4, 0.5) is 0 Å². The van der Waals surface area contributed by atoms with E-state index in [-0.39, 0.29) is 43.0 Å². The first-order valence-corrected chi connectivity index (χ1v) is 13.1. The Kier molecular flexibility index (Phi) is 9.77. The molecule has 190 valence electrons. The Morgan fingerprint density at radius 3 is 2.35 bits per heavy atom. The molecule has 34 heavy (non-hydrogen) atoms. The van der Waals surface area contributed by atoms with Crippen molar-refractivity contribution in [2.24, 2.45) is 11.8 Å². The average Bonchev–Trinajstić information content (AvgIpc) is 3.12. The predicted octanol–water partition coefficient (Wildman–Crippen LogP) is 4.30. The van der Waals surface area contributed by atoms with E-state index >= 15 is 0 Å². The predicted molar refractivity (Wildman–Crippen MR) is 126 cm³/mol. The Morgan fingerprint density at radius 2 is 1.71 bits per heavy atom. The largest absolute Gasteiger partial charge is 0.481 e. The molecule has 3 aliphatic rings. The molecule has 2 heterocycles. The van der Waals surface area contributed by atoms with Crippen molar-refractivity contribution in [3.8, 4) is 0 Å². The van der Waals surface area contributed by atoms with Crippen molar-refractivity contribution in [1.82, 2.24) is 0 Å². The SMILES string of the molecule is O=C(O)CC1C(O)CC(OC2CCCCO2)C1CCC(Cc1ccccc1)OC1CCCCO1. The highest BCUT2D eigenvalue weighted by atomic mass is 16.7. The molecule has 1 aromatic rings. The Bertz CT molecular complexity index is 730. The molecule has 7 unspecified atom stereocenters. The van der Waals surface area contributed by atoms with Crippen molar-refractivity contribution in [3.63, 3.8) is 0 Å². The van der Waals surface area contributed by atoms with E-state index in [4.69, 9.17) is 18.9 Å². The summed E-state index contributed by atoms with van der Waals surface area (Å²) in [6, 6.07) is 10.3. The summed E-state index contributed by atoms with van der Waals surface area (Å²) in [5.41, 5.74) is 1.21. The number of aliphatic carboxylic acids is 1. The number of aliphatic hydroxyl groups excluding tert-OH is 1. The molecule has 7 nitrogen and oxygen atoms in total. The lowest BCUT2D eigenvalue weighted by molar-refractivity contribution is -0.200. The lowest BCUT2D eigenvalue weighted by atomic mass is 9.85. The normalized spacial score (nSPS) is 33.0. The summed E-state index contributed by atoms with van der Waals surface area (Å²) in [5.74, 6) is -1.25. The standard InChI is InChI=1S/C27H40O7/c28-23-18-24(34-27-11-5-7-15-32-27)21(22(23)17-25(29)30)13-12-20(16-19-8-2-1-3-9-19)33-26-10-4-6-14-31-26/h1-3,8-9,20-24,26-28H,4-7,10-18H2,(H,29,30). The summed E-state index contributed by atoms with van der Waals surface area (Å²) >= 11 is 0. The van der Waals surface area contributed by atoms with Gasteiger partial charge in [0.2, 0.25) is 0 Å². The number of ether oxygens (including phenoxy) is 4. The zero-order valence-corrected chi connectivity index (χ0v) is 20.1. The van der Waals surface area contributed by atoms with Gasteiger partial charge in [-0.25, -0.2) is 0 Å². The van der Waals surface area contributed by atoms with Crippen LogP contribution in [-0.2, 0) is 30.2 Å². The molecule has 1 saturated carbocycles. The topological polar surface area (TPSA) is 94.5 Å². The zero-order chi connectivity index (χ0) is 23.8. The van der Waals surface area contributed by atoms with Crippen LogP contribution in [0.2, 0.25) is 0 Å². The maximum Gasteiger partial charge on any atom is 0.303 e. The molecule has 7 heteroatoms. The van der Waals surface area contributed by atoms with Crippen LogP contribution in [0.1, 0.15) is 69.8 Å². The lowest BCUT2D eigenvalue weighted by Gasteiger charge is -2.32. The minimum atomic E-state index is -0.878. The highest BCUT2D eigenvalue weighted by Crippen LogP contribution is 2.41. The molecule has 7 atom stereocenters. The van der Waals surface area contributed by atoms with Crippen LogP contribution >= 0.6 is 0 Å². The fourth-order valence-electron chi connectivity index (χ4n) is 5.71. The number of rotatable bonds is 11. The fraction of sp³-hybridized carbons (Fsp3) is 0.741. The quantitative estimate of drug-likeness (QED) is 0.492. The van der Waals surface area contributed by atoms with Gasteiger partial charge < -0.3 is 29.2 Å². The van der Waals surface area contributed by atoms with Crippen molar-refractivity contribution in [2.45, 2.75) is 102 Å². The van der Waals surface area contributed by atoms with E-state index < -0.39 is 12.1 Å². The van der Waals surface area contributed by atoms with Gasteiger partial charge in [-0.3, -0.25) is 4.79 Å². The third-order valence-corrected chi connectivity index (χ3v) is 7.48. The van der Waals surface area contributed by atoms with E-state index in [9.17, 15) is 15.0 Å². The molecular formula is C27H40O7. The van der Waals surface area contributed by atoms with Gasteiger partial charge >= 0.3 is 5.97 Å². The van der Waals surface area contributed by atoms with Crippen molar-refractivity contribution < 1.29 is 34.0 Å². The van der Waals surface area contributed by atoms with Crippen LogP contribution in [0.5, 0.6) is 0 Å². The second-order valence-corrected chi connectivity index (χ2v) is 10.0. The molecule has 2 aliphatic heterocycles. The van der Waals surface area contributed by atoms with E-state index in [1.807, 2.05) is 18.2 Å². The van der Waals surface area contributed by atoms with Gasteiger partial charge in [-0.05, 0) is 69.3 Å². The summed E-state index contributed by atoms with van der Waals surface area (Å²) in [6.45, 7) is 1.42. The molecule has 2 N–H and O–H groups in total. The van der Waals surface area contributed by atoms with Gasteiger partial charge in [-0.1, -0.05) is 30.3 Å². The molecule has 4 rings (SSSR count). The van der Waals surface area contributed by atoms with Crippen LogP contribution in [0.25, 0.3) is 0 Å². The Hall–Kier alpha value is -1.51. The molecule has 0 bridgehead atoms. The van der Waals surface area contributed by atoms with Gasteiger partial charge in [0.15, 0.2) is 12.6 Å². The smallest absolute Gasteiger partial charge is 0.303 e. The van der Waals surface area contributed by atoms with Crippen LogP contribution < -0.4 is 0 Å². The summed E-state index contributed by atoms with van der Waals surface area (Å²) < 4.78 is 24.4. The van der Waals surface area contributed by atoms with Crippen LogP contribution in [0.15, 0.2) is 30.3 Å². The first kappa shape index (κ1) is 25.6. The van der Waals surface area contributed by atoms with Crippen molar-refractivity contribution in [2.75, 3.05) is 13.2 Å². The van der Waals surface area contributed by atoms with Crippen molar-refractivity contribution in [3.05, 3.63) is 35.9 Å². The highest BCUT2D eigenvalue weighted by molar-refractivity contribution is 5.67. The third kappa shape index (κ3) is 7.49. The van der Waals surface area contributed by atoms with Crippen molar-refractivity contribution >= 4 is 5.97 Å². The molecule has 0 aromatic heterocycles. The van der Waals surface area contributed by atoms with Crippen molar-refractivity contribution in [1.29, 1.82) is 0 Å². The van der Waals surface area contributed by atoms with E-state index in [2.05, 4.69) is 12.1 Å². The third-order valence-electron chi connectivity index (χ3n) is 7.48. The maximum absolute atomic E-state index is 11.6. The number of aliphatic hydroxyl groups is 1. The second kappa shape index (κ2) is 13.0. The number of carboxylic acid groups (broad SMARTS) is 1. The molecule has 0 amide bonds. The molecule has 3 fully saturated rings. The maximum atomic E-state index is 11.6. The second-order valence-electron chi connectivity index (χ2n) is 10.0. The lowest BCUT2D eigenvalue weighted by Crippen LogP contribution is -2.34. The number of carbonyl (C=O) groups is 1. The first-order chi connectivity index (χ1) is 16.6. The molecule has 0 radical (unpaired) electrons. The summed E-state index contributed by atoms with van der Waals surface area (Å²) in [7, 11) is 0. The number of hydrogen-bond acceptors (Lipinski definition) is 6. The number of hydrogen-bond donors (Lipinski definition) is 2. The van der Waals surface area contributed by atoms with Crippen LogP contribution in [0.3, 0.4) is 0 Å². The van der Waals surface area contributed by atoms with Gasteiger partial charge in [0.05, 0.1) is 24.7 Å². The summed E-state index contributed by atoms with van der Waals surface area (Å²) in [4.78, 5) is 11.6. The van der Waals surface area contributed by atoms with E-state index in [1.54, 1.807) is 0 Å². The Morgan fingerprint density at radius 1 is 1.00 bits per heavy atom. The van der Waals surface area contributed by atoms with Gasteiger partial charge in [-0.2, -0.15) is 0 Å². The monoisotopic (exact) mass is 476 g/mol. The minimum Gasteiger partial charge on any atom is -0.481 e. The molecule has 1 aromatic carbocycles. The van der Waals surface area contributed by atoms with Crippen LogP contribution in [0, 0.1) is 11.8 Å². The fourth-order valence-corrected chi connectivity index (χ4v) is 5.71. The minimum absolute atomic E-state index is 0.0414. The first-order valence-electron chi connectivity index (χ1n) is 13.1. The molecule has 2 saturated heterocycles. The number of carboxylic acids is 1. The Balaban J connectivity index is 1.43. The van der Waals surface area contributed by atoms with E-state index in [0.29, 0.717) is 13.0 Å². The molecular weight excluding hydrogens is 436 g/mol. The summed E-state index contributed by atoms with van der Waals surface area (Å²) in [6.07, 6.45) is 7.35. The Labute approximate surface area is 202 Å². The van der Waals surface area contributed by atoms with Gasteiger partial charge in [-0.15, -0.1) is 0 Å². The number of benzene rings is 1. The molecule has 0 spiro atoms.